The molecule has 0 saturated heterocycles. The number of hydrogen-bond donors (Lipinski definition) is 1. The first kappa shape index (κ1) is 22.4. The van der Waals surface area contributed by atoms with Crippen LogP contribution in [0.1, 0.15) is 12.5 Å². The zero-order valence-electron chi connectivity index (χ0n) is 17.6. The predicted molar refractivity (Wildman–Crippen MR) is 115 cm³/mol. The molecule has 0 saturated carbocycles. The Morgan fingerprint density at radius 1 is 1.10 bits per heavy atom. The Balaban J connectivity index is 1.90. The lowest BCUT2D eigenvalue weighted by Crippen LogP contribution is -2.50. The number of amides is 2. The van der Waals surface area contributed by atoms with E-state index in [0.717, 1.165) is 16.1 Å². The molecule has 1 N–H and O–H groups in total. The molecule has 31 heavy (non-hydrogen) atoms. The number of benzene rings is 2. The van der Waals surface area contributed by atoms with Gasteiger partial charge in [0.2, 0.25) is 28.6 Å². The Bertz CT molecular complexity index is 1060. The largest absolute Gasteiger partial charge is 0.454 e. The molecule has 2 aromatic carbocycles. The Morgan fingerprint density at radius 2 is 1.77 bits per heavy atom. The van der Waals surface area contributed by atoms with E-state index in [2.05, 4.69) is 5.32 Å². The molecule has 0 radical (unpaired) electrons. The van der Waals surface area contributed by atoms with E-state index in [-0.39, 0.29) is 24.9 Å². The molecule has 2 aromatic rings. The van der Waals surface area contributed by atoms with Gasteiger partial charge in [0.05, 0.1) is 11.9 Å². The maximum atomic E-state index is 13.3. The highest BCUT2D eigenvalue weighted by atomic mass is 32.2. The first-order valence-corrected chi connectivity index (χ1v) is 11.5. The molecule has 1 heterocycles. The summed E-state index contributed by atoms with van der Waals surface area (Å²) in [6.45, 7) is 1.34. The highest BCUT2D eigenvalue weighted by Gasteiger charge is 2.30. The summed E-state index contributed by atoms with van der Waals surface area (Å²) in [6.07, 6.45) is 1.02. The number of nitrogens with one attached hydrogen (secondary N) is 1. The van der Waals surface area contributed by atoms with Gasteiger partial charge in [-0.25, -0.2) is 8.42 Å². The molecule has 2 amide bonds. The van der Waals surface area contributed by atoms with Crippen LogP contribution in [0.15, 0.2) is 48.5 Å². The van der Waals surface area contributed by atoms with Gasteiger partial charge in [-0.1, -0.05) is 30.3 Å². The first-order valence-electron chi connectivity index (χ1n) is 9.63. The molecule has 1 aliphatic rings. The number of rotatable bonds is 8. The fraction of sp³-hybridized carbons (Fsp3) is 0.333. The van der Waals surface area contributed by atoms with Crippen molar-refractivity contribution in [3.05, 3.63) is 54.1 Å². The Morgan fingerprint density at radius 3 is 2.42 bits per heavy atom. The topological polar surface area (TPSA) is 105 Å². The van der Waals surface area contributed by atoms with Crippen molar-refractivity contribution in [1.29, 1.82) is 0 Å². The zero-order valence-corrected chi connectivity index (χ0v) is 18.4. The van der Waals surface area contributed by atoms with E-state index in [9.17, 15) is 18.0 Å². The second-order valence-electron chi connectivity index (χ2n) is 7.10. The van der Waals surface area contributed by atoms with Crippen molar-refractivity contribution in [2.24, 2.45) is 0 Å². The fourth-order valence-corrected chi connectivity index (χ4v) is 4.07. The Hall–Kier alpha value is -3.27. The van der Waals surface area contributed by atoms with Gasteiger partial charge in [-0.3, -0.25) is 13.9 Å². The molecule has 3 rings (SSSR count). The molecule has 1 atom stereocenters. The van der Waals surface area contributed by atoms with Gasteiger partial charge in [-0.05, 0) is 24.6 Å². The van der Waals surface area contributed by atoms with Gasteiger partial charge in [-0.2, -0.15) is 0 Å². The minimum atomic E-state index is -3.80. The minimum Gasteiger partial charge on any atom is -0.454 e. The zero-order chi connectivity index (χ0) is 22.6. The van der Waals surface area contributed by atoms with Crippen molar-refractivity contribution in [3.8, 4) is 11.5 Å². The summed E-state index contributed by atoms with van der Waals surface area (Å²) in [5.74, 6) is 0.0438. The van der Waals surface area contributed by atoms with Gasteiger partial charge in [0.25, 0.3) is 0 Å². The number of likely N-dealkylation sites (N-methyl/N-ethyl adjacent to an activating group) is 1. The van der Waals surface area contributed by atoms with Gasteiger partial charge >= 0.3 is 0 Å². The maximum absolute atomic E-state index is 13.3. The summed E-state index contributed by atoms with van der Waals surface area (Å²) in [5, 5.41) is 2.53. The lowest BCUT2D eigenvalue weighted by molar-refractivity contribution is -0.139. The van der Waals surface area contributed by atoms with Crippen LogP contribution >= 0.6 is 0 Å². The van der Waals surface area contributed by atoms with Crippen LogP contribution in [0.4, 0.5) is 5.69 Å². The van der Waals surface area contributed by atoms with Gasteiger partial charge in [0, 0.05) is 19.7 Å². The SMILES string of the molecule is CNC(=O)[C@@H](C)N(Cc1ccccc1)C(=O)CN(c1ccc2c(c1)OCO2)S(C)(=O)=O. The van der Waals surface area contributed by atoms with Crippen LogP contribution in [-0.4, -0.2) is 57.8 Å². The highest BCUT2D eigenvalue weighted by molar-refractivity contribution is 7.92. The molecule has 0 aromatic heterocycles. The number of anilines is 1. The summed E-state index contributed by atoms with van der Waals surface area (Å²) in [6, 6.07) is 13.0. The lowest BCUT2D eigenvalue weighted by Gasteiger charge is -2.31. The van der Waals surface area contributed by atoms with Crippen LogP contribution < -0.4 is 19.1 Å². The monoisotopic (exact) mass is 447 g/mol. The number of sulfonamides is 1. The van der Waals surface area contributed by atoms with E-state index in [1.54, 1.807) is 19.1 Å². The van der Waals surface area contributed by atoms with Crippen LogP contribution in [0.25, 0.3) is 0 Å². The number of carbonyl (C=O) groups is 2. The number of hydrogen-bond acceptors (Lipinski definition) is 6. The van der Waals surface area contributed by atoms with Crippen LogP contribution in [0.2, 0.25) is 0 Å². The highest BCUT2D eigenvalue weighted by Crippen LogP contribution is 2.36. The normalized spacial score (nSPS) is 13.4. The number of nitrogens with zero attached hydrogens (tertiary/aromatic N) is 2. The van der Waals surface area contributed by atoms with Crippen molar-refractivity contribution in [2.75, 3.05) is 30.9 Å². The molecule has 0 spiro atoms. The lowest BCUT2D eigenvalue weighted by atomic mass is 10.1. The summed E-state index contributed by atoms with van der Waals surface area (Å²) in [4.78, 5) is 26.9. The van der Waals surface area contributed by atoms with Crippen molar-refractivity contribution in [3.63, 3.8) is 0 Å². The molecule has 0 unspecified atom stereocenters. The molecule has 9 nitrogen and oxygen atoms in total. The standard InChI is InChI=1S/C21H25N3O6S/c1-15(21(26)22-2)23(12-16-7-5-4-6-8-16)20(25)13-24(31(3,27)28)17-9-10-18-19(11-17)30-14-29-18/h4-11,15H,12-14H2,1-3H3,(H,22,26)/t15-/m1/s1. The van der Waals surface area contributed by atoms with Gasteiger partial charge < -0.3 is 19.7 Å². The van der Waals surface area contributed by atoms with Crippen LogP contribution in [0.5, 0.6) is 11.5 Å². The molecule has 10 heteroatoms. The maximum Gasteiger partial charge on any atom is 0.244 e. The Kier molecular flexibility index (Phi) is 6.69. The minimum absolute atomic E-state index is 0.0467. The van der Waals surface area contributed by atoms with Gasteiger partial charge in [0.1, 0.15) is 12.6 Å². The molecule has 166 valence electrons. The van der Waals surface area contributed by atoms with Crippen LogP contribution in [0.3, 0.4) is 0 Å². The average Bonchev–Trinajstić information content (AvgIpc) is 3.22. The van der Waals surface area contributed by atoms with E-state index in [0.29, 0.717) is 11.5 Å². The molecular formula is C21H25N3O6S. The molecule has 0 bridgehead atoms. The molecule has 0 aliphatic carbocycles. The Labute approximate surface area is 181 Å². The fourth-order valence-electron chi connectivity index (χ4n) is 3.23. The molecule has 0 fully saturated rings. The quantitative estimate of drug-likeness (QED) is 0.655. The van der Waals surface area contributed by atoms with E-state index in [1.807, 2.05) is 30.3 Å². The van der Waals surface area contributed by atoms with Crippen molar-refractivity contribution >= 4 is 27.5 Å². The smallest absolute Gasteiger partial charge is 0.244 e. The van der Waals surface area contributed by atoms with Crippen LogP contribution in [-0.2, 0) is 26.2 Å². The van der Waals surface area contributed by atoms with Gasteiger partial charge in [-0.15, -0.1) is 0 Å². The third-order valence-electron chi connectivity index (χ3n) is 4.93. The van der Waals surface area contributed by atoms with E-state index in [1.165, 1.54) is 18.0 Å². The first-order chi connectivity index (χ1) is 14.7. The van der Waals surface area contributed by atoms with Crippen molar-refractivity contribution < 1.29 is 27.5 Å². The number of ether oxygens (including phenoxy) is 2. The van der Waals surface area contributed by atoms with Crippen molar-refractivity contribution in [1.82, 2.24) is 10.2 Å². The van der Waals surface area contributed by atoms with E-state index < -0.39 is 28.5 Å². The second-order valence-corrected chi connectivity index (χ2v) is 9.01. The third-order valence-corrected chi connectivity index (χ3v) is 6.07. The second kappa shape index (κ2) is 9.25. The van der Waals surface area contributed by atoms with E-state index in [4.69, 9.17) is 9.47 Å². The average molecular weight is 448 g/mol. The molecular weight excluding hydrogens is 422 g/mol. The predicted octanol–water partition coefficient (Wildman–Crippen LogP) is 1.34. The summed E-state index contributed by atoms with van der Waals surface area (Å²) in [5.41, 5.74) is 1.09. The summed E-state index contributed by atoms with van der Waals surface area (Å²) in [7, 11) is -2.31. The summed E-state index contributed by atoms with van der Waals surface area (Å²) < 4.78 is 36.6. The third kappa shape index (κ3) is 5.26. The van der Waals surface area contributed by atoms with E-state index >= 15 is 0 Å². The number of carbonyl (C=O) groups excluding carboxylic acids is 2. The van der Waals surface area contributed by atoms with Gasteiger partial charge in [0.15, 0.2) is 11.5 Å². The summed E-state index contributed by atoms with van der Waals surface area (Å²) >= 11 is 0. The number of fused-ring (bicyclic) bond motifs is 1. The van der Waals surface area contributed by atoms with Crippen LogP contribution in [0, 0.1) is 0 Å². The van der Waals surface area contributed by atoms with Crippen molar-refractivity contribution in [2.45, 2.75) is 19.5 Å². The molecule has 1 aliphatic heterocycles.